The molecule has 1 N–H and O–H groups in total. The Morgan fingerprint density at radius 3 is 2.64 bits per heavy atom. The van der Waals surface area contributed by atoms with Crippen molar-refractivity contribution < 1.29 is 9.59 Å². The molecule has 0 fully saturated rings. The van der Waals surface area contributed by atoms with Gasteiger partial charge in [0, 0.05) is 29.3 Å². The van der Waals surface area contributed by atoms with Gasteiger partial charge in [-0.3, -0.25) is 9.59 Å². The number of nitriles is 1. The van der Waals surface area contributed by atoms with Gasteiger partial charge in [0.05, 0.1) is 28.9 Å². The molecule has 2 aromatic heterocycles. The Morgan fingerprint density at radius 1 is 1.12 bits per heavy atom. The molecule has 5 rings (SSSR count). The number of benzene rings is 2. The lowest BCUT2D eigenvalue weighted by Crippen LogP contribution is -2.33. The maximum Gasteiger partial charge on any atom is 0.257 e. The third kappa shape index (κ3) is 3.86. The Balaban J connectivity index is 1.54. The van der Waals surface area contributed by atoms with Crippen LogP contribution in [0.2, 0.25) is 0 Å². The third-order valence-electron chi connectivity index (χ3n) is 5.87. The molecule has 7 heteroatoms. The first-order valence-corrected chi connectivity index (χ1v) is 11.4. The predicted molar refractivity (Wildman–Crippen MR) is 129 cm³/mol. The minimum absolute atomic E-state index is 0.00911. The molecular formula is C26H20N4O2S. The number of para-hydroxylation sites is 1. The second kappa shape index (κ2) is 8.49. The molecule has 4 aromatic rings. The summed E-state index contributed by atoms with van der Waals surface area (Å²) in [5.74, 6) is -0.279. The van der Waals surface area contributed by atoms with Gasteiger partial charge < -0.3 is 10.2 Å². The summed E-state index contributed by atoms with van der Waals surface area (Å²) < 4.78 is 0. The topological polar surface area (TPSA) is 86.1 Å². The number of nitrogens with one attached hydrogen (secondary N) is 1. The van der Waals surface area contributed by atoms with Crippen LogP contribution in [-0.4, -0.2) is 28.2 Å². The molecule has 33 heavy (non-hydrogen) atoms. The molecule has 0 saturated carbocycles. The number of carbonyl (C=O) groups excluding carboxylic acids is 2. The van der Waals surface area contributed by atoms with Gasteiger partial charge in [-0.15, -0.1) is 11.3 Å². The number of amides is 2. The Labute approximate surface area is 195 Å². The summed E-state index contributed by atoms with van der Waals surface area (Å²) in [6.45, 7) is 2.60. The van der Waals surface area contributed by atoms with Gasteiger partial charge in [-0.05, 0) is 24.1 Å². The molecule has 0 unspecified atom stereocenters. The highest BCUT2D eigenvalue weighted by Gasteiger charge is 2.27. The molecule has 3 heterocycles. The van der Waals surface area contributed by atoms with Crippen molar-refractivity contribution in [3.8, 4) is 17.3 Å². The van der Waals surface area contributed by atoms with E-state index < -0.39 is 0 Å². The average Bonchev–Trinajstić information content (AvgIpc) is 3.19. The van der Waals surface area contributed by atoms with Crippen molar-refractivity contribution in [1.82, 2.24) is 9.88 Å². The van der Waals surface area contributed by atoms with E-state index in [9.17, 15) is 14.9 Å². The van der Waals surface area contributed by atoms with Crippen LogP contribution in [0, 0.1) is 11.3 Å². The van der Waals surface area contributed by atoms with E-state index in [4.69, 9.17) is 4.98 Å². The fourth-order valence-electron chi connectivity index (χ4n) is 4.17. The minimum atomic E-state index is -0.288. The molecule has 2 amide bonds. The van der Waals surface area contributed by atoms with Crippen LogP contribution < -0.4 is 5.32 Å². The lowest BCUT2D eigenvalue weighted by Gasteiger charge is -2.25. The SMILES string of the molecule is CC(=O)N1CCc2c(sc(NC(=O)c3cc(-c4ccccc4)nc4ccccc34)c2C#N)C1. The van der Waals surface area contributed by atoms with Gasteiger partial charge in [0.2, 0.25) is 5.91 Å². The zero-order chi connectivity index (χ0) is 22.9. The monoisotopic (exact) mass is 452 g/mol. The van der Waals surface area contributed by atoms with Gasteiger partial charge in [0.25, 0.3) is 5.91 Å². The van der Waals surface area contributed by atoms with Crippen molar-refractivity contribution in [3.63, 3.8) is 0 Å². The maximum atomic E-state index is 13.5. The van der Waals surface area contributed by atoms with Crippen molar-refractivity contribution in [2.75, 3.05) is 11.9 Å². The van der Waals surface area contributed by atoms with Crippen LogP contribution in [0.1, 0.15) is 33.3 Å². The van der Waals surface area contributed by atoms with Crippen molar-refractivity contribution in [1.29, 1.82) is 5.26 Å². The van der Waals surface area contributed by atoms with Crippen molar-refractivity contribution in [2.24, 2.45) is 0 Å². The van der Waals surface area contributed by atoms with Crippen LogP contribution in [0.5, 0.6) is 0 Å². The van der Waals surface area contributed by atoms with E-state index in [0.29, 0.717) is 41.3 Å². The second-order valence-electron chi connectivity index (χ2n) is 7.90. The van der Waals surface area contributed by atoms with Gasteiger partial charge in [0.15, 0.2) is 0 Å². The number of hydrogen-bond donors (Lipinski definition) is 1. The summed E-state index contributed by atoms with van der Waals surface area (Å²) in [6.07, 6.45) is 0.612. The van der Waals surface area contributed by atoms with E-state index in [2.05, 4.69) is 11.4 Å². The predicted octanol–water partition coefficient (Wildman–Crippen LogP) is 4.99. The molecule has 1 aliphatic rings. The number of nitrogens with zero attached hydrogens (tertiary/aromatic N) is 3. The fourth-order valence-corrected chi connectivity index (χ4v) is 5.38. The van der Waals surface area contributed by atoms with Gasteiger partial charge in [-0.2, -0.15) is 5.26 Å². The second-order valence-corrected chi connectivity index (χ2v) is 9.01. The van der Waals surface area contributed by atoms with E-state index in [1.165, 1.54) is 11.3 Å². The van der Waals surface area contributed by atoms with Crippen molar-refractivity contribution in [2.45, 2.75) is 19.9 Å². The Morgan fingerprint density at radius 2 is 1.88 bits per heavy atom. The lowest BCUT2D eigenvalue weighted by molar-refractivity contribution is -0.129. The molecular weight excluding hydrogens is 432 g/mol. The number of carbonyl (C=O) groups is 2. The number of fused-ring (bicyclic) bond motifs is 2. The van der Waals surface area contributed by atoms with Gasteiger partial charge in [-0.1, -0.05) is 48.5 Å². The number of pyridine rings is 1. The van der Waals surface area contributed by atoms with Crippen LogP contribution in [0.3, 0.4) is 0 Å². The van der Waals surface area contributed by atoms with Crippen molar-refractivity contribution in [3.05, 3.63) is 82.2 Å². The Hall–Kier alpha value is -4.02. The summed E-state index contributed by atoms with van der Waals surface area (Å²) in [5, 5.41) is 14.1. The summed E-state index contributed by atoms with van der Waals surface area (Å²) in [6, 6.07) is 21.3. The summed E-state index contributed by atoms with van der Waals surface area (Å²) in [4.78, 5) is 32.7. The van der Waals surface area contributed by atoms with Crippen LogP contribution in [0.4, 0.5) is 5.00 Å². The minimum Gasteiger partial charge on any atom is -0.337 e. The molecule has 2 aromatic carbocycles. The van der Waals surface area contributed by atoms with Crippen LogP contribution in [0.15, 0.2) is 60.7 Å². The molecule has 0 radical (unpaired) electrons. The summed E-state index contributed by atoms with van der Waals surface area (Å²) in [5.41, 5.74) is 4.29. The maximum absolute atomic E-state index is 13.5. The highest BCUT2D eigenvalue weighted by atomic mass is 32.1. The number of thiophene rings is 1. The molecule has 0 atom stereocenters. The quantitative estimate of drug-likeness (QED) is 0.474. The first kappa shape index (κ1) is 20.9. The largest absolute Gasteiger partial charge is 0.337 e. The first-order chi connectivity index (χ1) is 16.0. The smallest absolute Gasteiger partial charge is 0.257 e. The van der Waals surface area contributed by atoms with E-state index in [1.807, 2.05) is 54.6 Å². The van der Waals surface area contributed by atoms with Gasteiger partial charge in [0.1, 0.15) is 11.1 Å². The molecule has 162 valence electrons. The molecule has 1 aliphatic heterocycles. The van der Waals surface area contributed by atoms with Gasteiger partial charge in [-0.25, -0.2) is 4.98 Å². The van der Waals surface area contributed by atoms with Gasteiger partial charge >= 0.3 is 0 Å². The third-order valence-corrected chi connectivity index (χ3v) is 7.00. The zero-order valence-electron chi connectivity index (χ0n) is 18.0. The van der Waals surface area contributed by atoms with Crippen LogP contribution >= 0.6 is 11.3 Å². The molecule has 0 spiro atoms. The highest BCUT2D eigenvalue weighted by molar-refractivity contribution is 7.16. The normalized spacial score (nSPS) is 12.8. The molecule has 0 aliphatic carbocycles. The number of anilines is 1. The lowest BCUT2D eigenvalue weighted by atomic mass is 10.0. The van der Waals surface area contributed by atoms with Crippen molar-refractivity contribution >= 4 is 39.1 Å². The van der Waals surface area contributed by atoms with E-state index in [1.54, 1.807) is 17.9 Å². The molecule has 6 nitrogen and oxygen atoms in total. The average molecular weight is 453 g/mol. The number of hydrogen-bond acceptors (Lipinski definition) is 5. The molecule has 0 saturated heterocycles. The summed E-state index contributed by atoms with van der Waals surface area (Å²) >= 11 is 1.37. The zero-order valence-corrected chi connectivity index (χ0v) is 18.8. The van der Waals surface area contributed by atoms with E-state index in [0.717, 1.165) is 26.9 Å². The van der Waals surface area contributed by atoms with Crippen LogP contribution in [0.25, 0.3) is 22.2 Å². The summed E-state index contributed by atoms with van der Waals surface area (Å²) in [7, 11) is 0. The highest BCUT2D eigenvalue weighted by Crippen LogP contribution is 2.37. The standard InChI is InChI=1S/C26H20N4O2S/c1-16(31)30-12-11-19-21(14-27)26(33-24(19)15-30)29-25(32)20-13-23(17-7-3-2-4-8-17)28-22-10-6-5-9-18(20)22/h2-10,13H,11-12,15H2,1H3,(H,29,32). The van der Waals surface area contributed by atoms with E-state index >= 15 is 0 Å². The Bertz CT molecular complexity index is 1440. The van der Waals surface area contributed by atoms with Crippen LogP contribution in [-0.2, 0) is 17.8 Å². The number of rotatable bonds is 3. The fraction of sp³-hybridized carbons (Fsp3) is 0.154. The molecule has 0 bridgehead atoms. The Kier molecular flexibility index (Phi) is 5.37. The first-order valence-electron chi connectivity index (χ1n) is 10.6. The van der Waals surface area contributed by atoms with E-state index in [-0.39, 0.29) is 11.8 Å². The number of aromatic nitrogens is 1.